The van der Waals surface area contributed by atoms with Crippen molar-refractivity contribution in [1.82, 2.24) is 0 Å². The van der Waals surface area contributed by atoms with Gasteiger partial charge in [-0.3, -0.25) is 4.79 Å². The fourth-order valence-corrected chi connectivity index (χ4v) is 1.14. The number of rotatable bonds is 0. The van der Waals surface area contributed by atoms with Gasteiger partial charge in [-0.25, -0.2) is 0 Å². The van der Waals surface area contributed by atoms with E-state index in [1.807, 2.05) is 0 Å². The van der Waals surface area contributed by atoms with Gasteiger partial charge in [0.1, 0.15) is 6.10 Å². The maximum Gasteiger partial charge on any atom is 0.306 e. The summed E-state index contributed by atoms with van der Waals surface area (Å²) < 4.78 is 5.09. The van der Waals surface area contributed by atoms with Crippen LogP contribution in [0.2, 0.25) is 0 Å². The van der Waals surface area contributed by atoms with E-state index in [0.29, 0.717) is 6.42 Å². The van der Waals surface area contributed by atoms with Crippen LogP contribution in [0.15, 0.2) is 0 Å². The molecule has 1 fully saturated rings. The molecule has 0 saturated carbocycles. The average molecular weight is 142 g/mol. The minimum Gasteiger partial charge on any atom is -0.462 e. The van der Waals surface area contributed by atoms with Crippen molar-refractivity contribution >= 4 is 5.97 Å². The molecule has 58 valence electrons. The van der Waals surface area contributed by atoms with Gasteiger partial charge in [-0.15, -0.1) is 0 Å². The summed E-state index contributed by atoms with van der Waals surface area (Å²) >= 11 is 0. The van der Waals surface area contributed by atoms with Crippen LogP contribution < -0.4 is 0 Å². The van der Waals surface area contributed by atoms with Gasteiger partial charge in [-0.1, -0.05) is 20.8 Å². The lowest BCUT2D eigenvalue weighted by Crippen LogP contribution is -2.25. The predicted molar refractivity (Wildman–Crippen MR) is 38.6 cm³/mol. The maximum atomic E-state index is 10.7. The van der Waals surface area contributed by atoms with Gasteiger partial charge in [0.25, 0.3) is 0 Å². The monoisotopic (exact) mass is 142 g/mol. The van der Waals surface area contributed by atoms with Crippen molar-refractivity contribution < 1.29 is 9.53 Å². The summed E-state index contributed by atoms with van der Waals surface area (Å²) in [6.07, 6.45) is 1.63. The van der Waals surface area contributed by atoms with Crippen molar-refractivity contribution in [3.05, 3.63) is 0 Å². The molecule has 0 spiro atoms. The lowest BCUT2D eigenvalue weighted by molar-refractivity contribution is -0.144. The summed E-state index contributed by atoms with van der Waals surface area (Å²) in [6, 6.07) is 0. The number of carbonyl (C=O) groups is 1. The molecule has 1 atom stereocenters. The van der Waals surface area contributed by atoms with Crippen LogP contribution in [-0.4, -0.2) is 12.1 Å². The Bertz CT molecular complexity index is 144. The first-order chi connectivity index (χ1) is 4.50. The standard InChI is InChI=1S/C8H14O2/c1-8(2,3)6-4-5-7(9)10-6/h6H,4-5H2,1-3H3. The quantitative estimate of drug-likeness (QED) is 0.481. The molecule has 0 aromatic carbocycles. The van der Waals surface area contributed by atoms with E-state index >= 15 is 0 Å². The number of esters is 1. The van der Waals surface area contributed by atoms with Crippen LogP contribution in [0.5, 0.6) is 0 Å². The summed E-state index contributed by atoms with van der Waals surface area (Å²) in [6.45, 7) is 6.28. The molecular formula is C8H14O2. The summed E-state index contributed by atoms with van der Waals surface area (Å²) in [4.78, 5) is 10.7. The van der Waals surface area contributed by atoms with Gasteiger partial charge in [0.05, 0.1) is 0 Å². The molecule has 0 aliphatic carbocycles. The Labute approximate surface area is 61.6 Å². The third-order valence-corrected chi connectivity index (χ3v) is 1.85. The summed E-state index contributed by atoms with van der Waals surface area (Å²) in [5, 5.41) is 0. The second-order valence-electron chi connectivity index (χ2n) is 3.88. The minimum atomic E-state index is -0.0417. The van der Waals surface area contributed by atoms with Crippen molar-refractivity contribution in [3.8, 4) is 0 Å². The van der Waals surface area contributed by atoms with Crippen LogP contribution in [0.25, 0.3) is 0 Å². The molecule has 1 rings (SSSR count). The van der Waals surface area contributed by atoms with Crippen molar-refractivity contribution in [3.63, 3.8) is 0 Å². The normalized spacial score (nSPS) is 26.7. The van der Waals surface area contributed by atoms with E-state index in [9.17, 15) is 4.79 Å². The number of ether oxygens (including phenoxy) is 1. The molecule has 1 aliphatic heterocycles. The Hall–Kier alpha value is -0.530. The highest BCUT2D eigenvalue weighted by Crippen LogP contribution is 2.30. The summed E-state index contributed by atoms with van der Waals surface area (Å²) in [5.74, 6) is -0.0417. The molecule has 1 aliphatic rings. The molecule has 1 saturated heterocycles. The maximum absolute atomic E-state index is 10.7. The van der Waals surface area contributed by atoms with E-state index in [2.05, 4.69) is 20.8 Å². The van der Waals surface area contributed by atoms with E-state index in [1.165, 1.54) is 0 Å². The van der Waals surface area contributed by atoms with Gasteiger partial charge in [-0.05, 0) is 11.8 Å². The van der Waals surface area contributed by atoms with Crippen LogP contribution in [0.3, 0.4) is 0 Å². The number of carbonyl (C=O) groups excluding carboxylic acids is 1. The van der Waals surface area contributed by atoms with Crippen LogP contribution in [0.4, 0.5) is 0 Å². The lowest BCUT2D eigenvalue weighted by Gasteiger charge is -2.24. The second kappa shape index (κ2) is 2.26. The number of hydrogen-bond donors (Lipinski definition) is 0. The van der Waals surface area contributed by atoms with Gasteiger partial charge in [0.15, 0.2) is 0 Å². The molecule has 0 bridgehead atoms. The molecule has 0 aromatic rings. The SMILES string of the molecule is CC(C)(C)C1CCC(=O)O1. The topological polar surface area (TPSA) is 26.3 Å². The van der Waals surface area contributed by atoms with Gasteiger partial charge in [-0.2, -0.15) is 0 Å². The fourth-order valence-electron chi connectivity index (χ4n) is 1.14. The lowest BCUT2D eigenvalue weighted by atomic mass is 9.88. The first-order valence-corrected chi connectivity index (χ1v) is 3.69. The van der Waals surface area contributed by atoms with Gasteiger partial charge in [0, 0.05) is 6.42 Å². The predicted octanol–water partition coefficient (Wildman–Crippen LogP) is 1.74. The number of hydrogen-bond acceptors (Lipinski definition) is 2. The van der Waals surface area contributed by atoms with E-state index in [4.69, 9.17) is 4.74 Å². The third kappa shape index (κ3) is 1.49. The van der Waals surface area contributed by atoms with Gasteiger partial charge in [0.2, 0.25) is 0 Å². The highest BCUT2D eigenvalue weighted by molar-refractivity contribution is 5.71. The van der Waals surface area contributed by atoms with Gasteiger partial charge >= 0.3 is 5.97 Å². The van der Waals surface area contributed by atoms with Crippen molar-refractivity contribution in [2.45, 2.75) is 39.7 Å². The Balaban J connectivity index is 2.53. The van der Waals surface area contributed by atoms with Crippen LogP contribution in [0.1, 0.15) is 33.6 Å². The fraction of sp³-hybridized carbons (Fsp3) is 0.875. The molecule has 1 heterocycles. The number of cyclic esters (lactones) is 1. The molecule has 2 heteroatoms. The molecular weight excluding hydrogens is 128 g/mol. The molecule has 10 heavy (non-hydrogen) atoms. The highest BCUT2D eigenvalue weighted by atomic mass is 16.5. The Morgan fingerprint density at radius 2 is 2.10 bits per heavy atom. The van der Waals surface area contributed by atoms with Crippen molar-refractivity contribution in [2.24, 2.45) is 5.41 Å². The van der Waals surface area contributed by atoms with Crippen LogP contribution in [-0.2, 0) is 9.53 Å². The van der Waals surface area contributed by atoms with E-state index in [0.717, 1.165) is 6.42 Å². The molecule has 0 N–H and O–H groups in total. The first-order valence-electron chi connectivity index (χ1n) is 3.69. The minimum absolute atomic E-state index is 0.0417. The third-order valence-electron chi connectivity index (χ3n) is 1.85. The molecule has 0 aromatic heterocycles. The largest absolute Gasteiger partial charge is 0.462 e. The summed E-state index contributed by atoms with van der Waals surface area (Å²) in [7, 11) is 0. The Morgan fingerprint density at radius 3 is 2.30 bits per heavy atom. The zero-order valence-electron chi connectivity index (χ0n) is 6.81. The molecule has 0 radical (unpaired) electrons. The highest BCUT2D eigenvalue weighted by Gasteiger charge is 2.33. The van der Waals surface area contributed by atoms with Crippen molar-refractivity contribution in [2.75, 3.05) is 0 Å². The van der Waals surface area contributed by atoms with Crippen LogP contribution in [0, 0.1) is 5.41 Å². The van der Waals surface area contributed by atoms with Crippen LogP contribution >= 0.6 is 0 Å². The second-order valence-corrected chi connectivity index (χ2v) is 3.88. The molecule has 1 unspecified atom stereocenters. The first kappa shape index (κ1) is 7.58. The van der Waals surface area contributed by atoms with Gasteiger partial charge < -0.3 is 4.74 Å². The molecule has 0 amide bonds. The van der Waals surface area contributed by atoms with E-state index < -0.39 is 0 Å². The van der Waals surface area contributed by atoms with E-state index in [1.54, 1.807) is 0 Å². The average Bonchev–Trinajstić information content (AvgIpc) is 2.11. The van der Waals surface area contributed by atoms with Crippen molar-refractivity contribution in [1.29, 1.82) is 0 Å². The van der Waals surface area contributed by atoms with E-state index in [-0.39, 0.29) is 17.5 Å². The smallest absolute Gasteiger partial charge is 0.306 e. The zero-order valence-corrected chi connectivity index (χ0v) is 6.81. The molecule has 2 nitrogen and oxygen atoms in total. The Kier molecular flexibility index (Phi) is 1.71. The Morgan fingerprint density at radius 1 is 1.50 bits per heavy atom. The summed E-state index contributed by atoms with van der Waals surface area (Å²) in [5.41, 5.74) is 0.117. The zero-order chi connectivity index (χ0) is 7.78.